The Morgan fingerprint density at radius 1 is 1.47 bits per heavy atom. The van der Waals surface area contributed by atoms with Crippen molar-refractivity contribution in [2.24, 2.45) is 0 Å². The van der Waals surface area contributed by atoms with Gasteiger partial charge in [0.2, 0.25) is 5.69 Å². The first kappa shape index (κ1) is 15.2. The van der Waals surface area contributed by atoms with Crippen LogP contribution in [0.25, 0.3) is 0 Å². The summed E-state index contributed by atoms with van der Waals surface area (Å²) in [5, 5.41) is 2.95. The average Bonchev–Trinajstić information content (AvgIpc) is 2.23. The molecule has 96 valence electrons. The van der Waals surface area contributed by atoms with Gasteiger partial charge in [-0.2, -0.15) is 0 Å². The Bertz CT molecular complexity index is 426. The van der Waals surface area contributed by atoms with E-state index in [0.29, 0.717) is 13.2 Å². The van der Waals surface area contributed by atoms with E-state index in [1.807, 2.05) is 39.1 Å². The molecule has 1 aromatic rings. The number of rotatable bonds is 6. The zero-order chi connectivity index (χ0) is 12.9. The fourth-order valence-corrected chi connectivity index (χ4v) is 4.96. The lowest BCUT2D eigenvalue weighted by molar-refractivity contribution is 0.320. The number of hydrogen-bond acceptors (Lipinski definition) is 4. The number of likely N-dealkylation sites (N-methyl/N-ethyl adjacent to an activating group) is 1. The van der Waals surface area contributed by atoms with Gasteiger partial charge in [-0.15, -0.1) is 0 Å². The lowest BCUT2D eigenvalue weighted by Gasteiger charge is -2.16. The number of hydrogen-bond donors (Lipinski definition) is 2. The van der Waals surface area contributed by atoms with Crippen molar-refractivity contribution >= 4 is 28.9 Å². The Labute approximate surface area is 112 Å². The van der Waals surface area contributed by atoms with Gasteiger partial charge in [-0.25, -0.2) is 0 Å². The summed E-state index contributed by atoms with van der Waals surface area (Å²) in [5.74, 6) is 0. The highest BCUT2D eigenvalue weighted by Gasteiger charge is 2.17. The molecule has 0 aliphatic rings. The van der Waals surface area contributed by atoms with Crippen LogP contribution in [0.15, 0.2) is 23.1 Å². The minimum absolute atomic E-state index is 0.433. The molecular weight excluding hydrogens is 273 g/mol. The van der Waals surface area contributed by atoms with Gasteiger partial charge in [0, 0.05) is 11.4 Å². The lowest BCUT2D eigenvalue weighted by atomic mass is 10.2. The minimum atomic E-state index is -2.78. The van der Waals surface area contributed by atoms with Crippen molar-refractivity contribution < 1.29 is 9.42 Å². The largest absolute Gasteiger partial charge is 0.337 e. The first-order valence-corrected chi connectivity index (χ1v) is 9.43. The molecule has 0 saturated carbocycles. The Kier molecular flexibility index (Phi) is 6.13. The predicted octanol–water partition coefficient (Wildman–Crippen LogP) is 2.85. The van der Waals surface area contributed by atoms with Crippen LogP contribution in [-0.4, -0.2) is 25.1 Å². The van der Waals surface area contributed by atoms with Crippen LogP contribution in [0.1, 0.15) is 11.1 Å². The van der Waals surface area contributed by atoms with Crippen molar-refractivity contribution in [2.45, 2.75) is 18.7 Å². The van der Waals surface area contributed by atoms with Crippen molar-refractivity contribution in [3.63, 3.8) is 0 Å². The number of nitrogens with one attached hydrogen (secondary N) is 1. The average molecular weight is 291 g/mol. The molecule has 0 radical (unpaired) electrons. The summed E-state index contributed by atoms with van der Waals surface area (Å²) in [7, 11) is 1.84. The van der Waals surface area contributed by atoms with E-state index in [9.17, 15) is 4.89 Å². The Morgan fingerprint density at radius 3 is 2.82 bits per heavy atom. The molecule has 0 fully saturated rings. The molecule has 6 heteroatoms. The molecule has 3 nitrogen and oxygen atoms in total. The quantitative estimate of drug-likeness (QED) is 0.623. The molecule has 0 aromatic heterocycles. The van der Waals surface area contributed by atoms with Crippen LogP contribution in [0.3, 0.4) is 0 Å². The van der Waals surface area contributed by atoms with E-state index in [2.05, 4.69) is 5.32 Å². The summed E-state index contributed by atoms with van der Waals surface area (Å²) in [6, 6.07) is 6.10. The van der Waals surface area contributed by atoms with E-state index in [1.54, 1.807) is 0 Å². The smallest absolute Gasteiger partial charge is 0.249 e. The maximum atomic E-state index is 10.0. The van der Waals surface area contributed by atoms with E-state index in [1.165, 1.54) is 11.4 Å². The van der Waals surface area contributed by atoms with Crippen LogP contribution in [0.5, 0.6) is 0 Å². The molecule has 1 aromatic carbocycles. The molecule has 0 bridgehead atoms. The Balaban J connectivity index is 2.68. The van der Waals surface area contributed by atoms with Crippen molar-refractivity contribution in [3.8, 4) is 0 Å². The molecule has 17 heavy (non-hydrogen) atoms. The second kappa shape index (κ2) is 6.88. The van der Waals surface area contributed by atoms with Crippen LogP contribution in [-0.2, 0) is 16.3 Å². The van der Waals surface area contributed by atoms with Crippen LogP contribution in [0, 0.1) is 13.8 Å². The van der Waals surface area contributed by atoms with Crippen LogP contribution in [0.4, 0.5) is 0 Å². The highest BCUT2D eigenvalue weighted by molar-refractivity contribution is 8.67. The zero-order valence-electron chi connectivity index (χ0n) is 10.3. The van der Waals surface area contributed by atoms with Gasteiger partial charge in [0.1, 0.15) is 0 Å². The van der Waals surface area contributed by atoms with Crippen LogP contribution in [0.2, 0.25) is 0 Å². The van der Waals surface area contributed by atoms with Gasteiger partial charge >= 0.3 is 0 Å². The van der Waals surface area contributed by atoms with E-state index < -0.39 is 5.69 Å². The third-order valence-corrected chi connectivity index (χ3v) is 6.13. The van der Waals surface area contributed by atoms with E-state index in [4.69, 9.17) is 16.3 Å². The van der Waals surface area contributed by atoms with E-state index in [0.717, 1.165) is 16.0 Å². The molecule has 2 N–H and O–H groups in total. The molecule has 1 rings (SSSR count). The number of aryl methyl sites for hydroxylation is 2. The summed E-state index contributed by atoms with van der Waals surface area (Å²) in [6.07, 6.45) is 0. The van der Waals surface area contributed by atoms with E-state index in [-0.39, 0.29) is 0 Å². The van der Waals surface area contributed by atoms with Gasteiger partial charge in [-0.05, 0) is 61.3 Å². The molecule has 0 amide bonds. The molecule has 1 unspecified atom stereocenters. The van der Waals surface area contributed by atoms with Crippen molar-refractivity contribution in [1.82, 2.24) is 5.32 Å². The standard InChI is InChI=1S/C11H18NO2PS2/c1-9-4-5-10(2)11(8-9)17-15(13,16)14-7-6-12-3/h4-5,8,12H,6-7H2,1-3H3,(H,13,16). The van der Waals surface area contributed by atoms with Crippen molar-refractivity contribution in [3.05, 3.63) is 29.3 Å². The van der Waals surface area contributed by atoms with Crippen molar-refractivity contribution in [2.75, 3.05) is 20.2 Å². The maximum absolute atomic E-state index is 10.0. The molecular formula is C11H18NO2PS2. The second-order valence-corrected chi connectivity index (χ2v) is 9.79. The zero-order valence-corrected chi connectivity index (χ0v) is 12.8. The summed E-state index contributed by atoms with van der Waals surface area (Å²) in [5.41, 5.74) is -0.513. The lowest BCUT2D eigenvalue weighted by Crippen LogP contribution is -2.12. The Morgan fingerprint density at radius 2 is 2.18 bits per heavy atom. The highest BCUT2D eigenvalue weighted by atomic mass is 32.9. The fourth-order valence-electron chi connectivity index (χ4n) is 1.22. The topological polar surface area (TPSA) is 41.5 Å². The third-order valence-electron chi connectivity index (χ3n) is 2.16. The second-order valence-electron chi connectivity index (χ2n) is 3.77. The molecule has 0 heterocycles. The minimum Gasteiger partial charge on any atom is -0.337 e. The van der Waals surface area contributed by atoms with Gasteiger partial charge < -0.3 is 14.7 Å². The summed E-state index contributed by atoms with van der Waals surface area (Å²) < 4.78 is 5.35. The predicted molar refractivity (Wildman–Crippen MR) is 78.2 cm³/mol. The van der Waals surface area contributed by atoms with Crippen LogP contribution < -0.4 is 5.32 Å². The molecule has 0 aliphatic heterocycles. The van der Waals surface area contributed by atoms with Gasteiger partial charge in [-0.1, -0.05) is 12.1 Å². The monoisotopic (exact) mass is 291 g/mol. The first-order chi connectivity index (χ1) is 7.94. The Hall–Kier alpha value is 0.100. The third kappa shape index (κ3) is 5.51. The van der Waals surface area contributed by atoms with E-state index >= 15 is 0 Å². The van der Waals surface area contributed by atoms with Gasteiger partial charge in [0.15, 0.2) is 0 Å². The van der Waals surface area contributed by atoms with Gasteiger partial charge in [-0.3, -0.25) is 0 Å². The summed E-state index contributed by atoms with van der Waals surface area (Å²) in [4.78, 5) is 11.0. The highest BCUT2D eigenvalue weighted by Crippen LogP contribution is 2.60. The summed E-state index contributed by atoms with van der Waals surface area (Å²) in [6.45, 7) is 5.14. The molecule has 0 spiro atoms. The van der Waals surface area contributed by atoms with Gasteiger partial charge in [0.25, 0.3) is 0 Å². The molecule has 0 saturated heterocycles. The number of benzene rings is 1. The summed E-state index contributed by atoms with van der Waals surface area (Å²) >= 11 is 6.39. The van der Waals surface area contributed by atoms with Crippen molar-refractivity contribution in [1.29, 1.82) is 0 Å². The SMILES string of the molecule is CNCCOP(O)(=S)Sc1cc(C)ccc1C. The van der Waals surface area contributed by atoms with Gasteiger partial charge in [0.05, 0.1) is 6.61 Å². The van der Waals surface area contributed by atoms with Crippen LogP contribution >= 0.6 is 17.1 Å². The normalized spacial score (nSPS) is 14.6. The fraction of sp³-hybridized carbons (Fsp3) is 0.455. The molecule has 1 atom stereocenters. The maximum Gasteiger partial charge on any atom is 0.249 e. The molecule has 0 aliphatic carbocycles. The first-order valence-electron chi connectivity index (χ1n) is 5.33.